The number of nitrogens with one attached hydrogen (secondary N) is 2. The third-order valence-corrected chi connectivity index (χ3v) is 3.67. The highest BCUT2D eigenvalue weighted by Gasteiger charge is 2.15. The van der Waals surface area contributed by atoms with Crippen LogP contribution in [-0.4, -0.2) is 88.9 Å². The smallest absolute Gasteiger partial charge is 0.191 e. The summed E-state index contributed by atoms with van der Waals surface area (Å²) in [5.41, 5.74) is 0. The zero-order valence-corrected chi connectivity index (χ0v) is 14.2. The van der Waals surface area contributed by atoms with Gasteiger partial charge in [0, 0.05) is 59.5 Å². The number of hydrogen-bond donors (Lipinski definition) is 2. The lowest BCUT2D eigenvalue weighted by Crippen LogP contribution is -2.46. The van der Waals surface area contributed by atoms with Gasteiger partial charge in [-0.05, 0) is 19.9 Å². The van der Waals surface area contributed by atoms with Crippen molar-refractivity contribution in [2.75, 3.05) is 73.1 Å². The van der Waals surface area contributed by atoms with Gasteiger partial charge in [0.25, 0.3) is 0 Å². The summed E-state index contributed by atoms with van der Waals surface area (Å²) >= 11 is 0. The van der Waals surface area contributed by atoms with Crippen molar-refractivity contribution < 1.29 is 4.74 Å². The molecule has 1 rings (SSSR count). The van der Waals surface area contributed by atoms with E-state index in [0.717, 1.165) is 32.1 Å². The molecule has 1 aliphatic heterocycles. The summed E-state index contributed by atoms with van der Waals surface area (Å²) in [5, 5.41) is 6.55. The topological polar surface area (TPSA) is 52.1 Å². The number of piperazine rings is 1. The summed E-state index contributed by atoms with van der Waals surface area (Å²) in [6.45, 7) is 13.4. The van der Waals surface area contributed by atoms with E-state index in [2.05, 4.69) is 46.3 Å². The molecular formula is C15H33N5O. The summed E-state index contributed by atoms with van der Waals surface area (Å²) in [4.78, 5) is 9.61. The molecule has 0 aromatic carbocycles. The molecule has 1 saturated heterocycles. The minimum atomic E-state index is 0.575. The Hall–Kier alpha value is -0.850. The van der Waals surface area contributed by atoms with Crippen LogP contribution in [0.4, 0.5) is 0 Å². The lowest BCUT2D eigenvalue weighted by molar-refractivity contribution is 0.140. The first kappa shape index (κ1) is 18.2. The second-order valence-electron chi connectivity index (χ2n) is 5.85. The zero-order valence-electron chi connectivity index (χ0n) is 14.2. The van der Waals surface area contributed by atoms with Gasteiger partial charge in [-0.3, -0.25) is 4.99 Å². The Bertz CT molecular complexity index is 290. The molecule has 6 nitrogen and oxygen atoms in total. The molecule has 2 N–H and O–H groups in total. The van der Waals surface area contributed by atoms with Gasteiger partial charge in [-0.25, -0.2) is 0 Å². The molecular weight excluding hydrogens is 266 g/mol. The number of rotatable bonds is 8. The van der Waals surface area contributed by atoms with E-state index >= 15 is 0 Å². The summed E-state index contributed by atoms with van der Waals surface area (Å²) in [7, 11) is 3.91. The highest BCUT2D eigenvalue weighted by molar-refractivity contribution is 5.79. The van der Waals surface area contributed by atoms with Crippen LogP contribution in [0.3, 0.4) is 0 Å². The van der Waals surface area contributed by atoms with Crippen LogP contribution in [0.2, 0.25) is 0 Å². The fourth-order valence-electron chi connectivity index (χ4n) is 2.39. The van der Waals surface area contributed by atoms with E-state index in [1.807, 2.05) is 0 Å². The van der Waals surface area contributed by atoms with Crippen molar-refractivity contribution in [3.8, 4) is 0 Å². The molecule has 21 heavy (non-hydrogen) atoms. The monoisotopic (exact) mass is 299 g/mol. The Morgan fingerprint density at radius 3 is 2.57 bits per heavy atom. The largest absolute Gasteiger partial charge is 0.383 e. The van der Waals surface area contributed by atoms with Crippen LogP contribution in [-0.2, 0) is 4.74 Å². The predicted molar refractivity (Wildman–Crippen MR) is 89.0 cm³/mol. The Morgan fingerprint density at radius 2 is 1.95 bits per heavy atom. The maximum atomic E-state index is 5.05. The molecule has 1 heterocycles. The normalized spacial score (nSPS) is 19.5. The van der Waals surface area contributed by atoms with Gasteiger partial charge in [0.1, 0.15) is 0 Å². The number of likely N-dealkylation sites (N-methyl/N-ethyl adjacent to an activating group) is 1. The number of methoxy groups -OCH3 is 1. The maximum absolute atomic E-state index is 5.05. The predicted octanol–water partition coefficient (Wildman–Crippen LogP) is 0.0714. The lowest BCUT2D eigenvalue weighted by atomic mass is 10.1. The molecule has 124 valence electrons. The van der Waals surface area contributed by atoms with Crippen LogP contribution in [0.15, 0.2) is 4.99 Å². The van der Waals surface area contributed by atoms with E-state index in [1.54, 1.807) is 7.11 Å². The molecule has 1 unspecified atom stereocenters. The first-order chi connectivity index (χ1) is 10.2. The zero-order chi connectivity index (χ0) is 15.5. The van der Waals surface area contributed by atoms with Crippen molar-refractivity contribution in [1.29, 1.82) is 0 Å². The van der Waals surface area contributed by atoms with Crippen LogP contribution in [0, 0.1) is 5.92 Å². The van der Waals surface area contributed by atoms with Gasteiger partial charge < -0.3 is 25.2 Å². The van der Waals surface area contributed by atoms with E-state index in [0.29, 0.717) is 12.5 Å². The van der Waals surface area contributed by atoms with Gasteiger partial charge in [-0.1, -0.05) is 6.92 Å². The minimum absolute atomic E-state index is 0.575. The van der Waals surface area contributed by atoms with Crippen LogP contribution >= 0.6 is 0 Å². The highest BCUT2D eigenvalue weighted by Crippen LogP contribution is 2.04. The van der Waals surface area contributed by atoms with Gasteiger partial charge in [-0.15, -0.1) is 0 Å². The molecule has 0 spiro atoms. The Balaban J connectivity index is 2.29. The van der Waals surface area contributed by atoms with Crippen LogP contribution in [0.1, 0.15) is 13.8 Å². The fourth-order valence-corrected chi connectivity index (χ4v) is 2.39. The van der Waals surface area contributed by atoms with E-state index < -0.39 is 0 Å². The average Bonchev–Trinajstić information content (AvgIpc) is 2.47. The first-order valence-corrected chi connectivity index (χ1v) is 8.07. The number of guanidine groups is 1. The van der Waals surface area contributed by atoms with E-state index in [1.165, 1.54) is 26.2 Å². The van der Waals surface area contributed by atoms with Crippen LogP contribution in [0.25, 0.3) is 0 Å². The van der Waals surface area contributed by atoms with E-state index in [9.17, 15) is 0 Å². The summed E-state index contributed by atoms with van der Waals surface area (Å²) in [5.74, 6) is 1.46. The van der Waals surface area contributed by atoms with E-state index in [-0.39, 0.29) is 0 Å². The first-order valence-electron chi connectivity index (χ1n) is 8.07. The number of nitrogens with zero attached hydrogens (tertiary/aromatic N) is 3. The SMILES string of the molecule is CCNC(=NCC(C)CN1CCN(C)CC1)NCCOC. The maximum Gasteiger partial charge on any atom is 0.191 e. The standard InChI is InChI=1S/C15H33N5O/c1-5-16-15(17-6-11-21-4)18-12-14(2)13-20-9-7-19(3)8-10-20/h14H,5-13H2,1-4H3,(H2,16,17,18). The van der Waals surface area contributed by atoms with Crippen molar-refractivity contribution in [3.63, 3.8) is 0 Å². The number of aliphatic imine (C=N–C) groups is 1. The van der Waals surface area contributed by atoms with Crippen molar-refractivity contribution in [3.05, 3.63) is 0 Å². The van der Waals surface area contributed by atoms with Gasteiger partial charge >= 0.3 is 0 Å². The van der Waals surface area contributed by atoms with Gasteiger partial charge in [0.2, 0.25) is 0 Å². The second kappa shape index (κ2) is 10.8. The molecule has 0 bridgehead atoms. The van der Waals surface area contributed by atoms with Gasteiger partial charge in [0.15, 0.2) is 5.96 Å². The summed E-state index contributed by atoms with van der Waals surface area (Å²) < 4.78 is 5.05. The molecule has 6 heteroatoms. The molecule has 0 aliphatic carbocycles. The molecule has 0 aromatic heterocycles. The third-order valence-electron chi connectivity index (χ3n) is 3.67. The average molecular weight is 299 g/mol. The van der Waals surface area contributed by atoms with Crippen LogP contribution < -0.4 is 10.6 Å². The van der Waals surface area contributed by atoms with Gasteiger partial charge in [-0.2, -0.15) is 0 Å². The highest BCUT2D eigenvalue weighted by atomic mass is 16.5. The molecule has 0 aromatic rings. The molecule has 0 radical (unpaired) electrons. The molecule has 1 atom stereocenters. The Labute approximate surface area is 129 Å². The minimum Gasteiger partial charge on any atom is -0.383 e. The Kier molecular flexibility index (Phi) is 9.37. The van der Waals surface area contributed by atoms with Crippen molar-refractivity contribution >= 4 is 5.96 Å². The molecule has 0 saturated carbocycles. The van der Waals surface area contributed by atoms with E-state index in [4.69, 9.17) is 4.74 Å². The molecule has 1 aliphatic rings. The Morgan fingerprint density at radius 1 is 1.24 bits per heavy atom. The molecule has 1 fully saturated rings. The number of hydrogen-bond acceptors (Lipinski definition) is 4. The molecule has 0 amide bonds. The quantitative estimate of drug-likeness (QED) is 0.377. The van der Waals surface area contributed by atoms with Crippen molar-refractivity contribution in [2.24, 2.45) is 10.9 Å². The third kappa shape index (κ3) is 8.24. The van der Waals surface area contributed by atoms with Gasteiger partial charge in [0.05, 0.1) is 6.61 Å². The second-order valence-corrected chi connectivity index (χ2v) is 5.85. The number of ether oxygens (including phenoxy) is 1. The lowest BCUT2D eigenvalue weighted by Gasteiger charge is -2.33. The van der Waals surface area contributed by atoms with Crippen molar-refractivity contribution in [2.45, 2.75) is 13.8 Å². The summed E-state index contributed by atoms with van der Waals surface area (Å²) in [6.07, 6.45) is 0. The van der Waals surface area contributed by atoms with Crippen LogP contribution in [0.5, 0.6) is 0 Å². The van der Waals surface area contributed by atoms with Crippen molar-refractivity contribution in [1.82, 2.24) is 20.4 Å². The summed E-state index contributed by atoms with van der Waals surface area (Å²) in [6, 6.07) is 0. The fraction of sp³-hybridized carbons (Fsp3) is 0.933.